The van der Waals surface area contributed by atoms with Crippen LogP contribution in [0.3, 0.4) is 0 Å². The van der Waals surface area contributed by atoms with E-state index in [1.165, 1.54) is 0 Å². The standard InChI is InChI=1S/C10H12O/c1-2-3-4-9-5-7-10(11)8-6-9/h3-8,11H,2H2,1H3/b4-3+. The second kappa shape index (κ2) is 3.81. The van der Waals surface area contributed by atoms with Gasteiger partial charge in [-0.05, 0) is 24.1 Å². The van der Waals surface area contributed by atoms with Gasteiger partial charge in [0.1, 0.15) is 5.75 Å². The number of hydrogen-bond donors (Lipinski definition) is 1. The number of phenols is 1. The SMILES string of the molecule is CC/C=C/c1ccc(O)cc1. The summed E-state index contributed by atoms with van der Waals surface area (Å²) >= 11 is 0. The fourth-order valence-electron chi connectivity index (χ4n) is 0.839. The maximum absolute atomic E-state index is 8.96. The number of phenolic OH excluding ortho intramolecular Hbond substituents is 1. The first kappa shape index (κ1) is 7.86. The first-order chi connectivity index (χ1) is 5.33. The Morgan fingerprint density at radius 3 is 2.45 bits per heavy atom. The highest BCUT2D eigenvalue weighted by atomic mass is 16.3. The Labute approximate surface area is 67.0 Å². The van der Waals surface area contributed by atoms with Gasteiger partial charge in [-0.15, -0.1) is 0 Å². The average Bonchev–Trinajstić information content (AvgIpc) is 2.04. The van der Waals surface area contributed by atoms with Crippen molar-refractivity contribution in [1.82, 2.24) is 0 Å². The lowest BCUT2D eigenvalue weighted by molar-refractivity contribution is 0.475. The summed E-state index contributed by atoms with van der Waals surface area (Å²) in [5, 5.41) is 8.96. The molecule has 0 unspecified atom stereocenters. The van der Waals surface area contributed by atoms with E-state index in [1.807, 2.05) is 18.2 Å². The van der Waals surface area contributed by atoms with Crippen LogP contribution in [0.5, 0.6) is 5.75 Å². The molecule has 0 aromatic heterocycles. The van der Waals surface area contributed by atoms with Crippen LogP contribution in [0.2, 0.25) is 0 Å². The second-order valence-corrected chi connectivity index (χ2v) is 2.40. The summed E-state index contributed by atoms with van der Waals surface area (Å²) in [5.41, 5.74) is 1.13. The summed E-state index contributed by atoms with van der Waals surface area (Å²) in [6.07, 6.45) is 5.17. The van der Waals surface area contributed by atoms with E-state index in [2.05, 4.69) is 13.0 Å². The van der Waals surface area contributed by atoms with Crippen LogP contribution in [-0.4, -0.2) is 5.11 Å². The molecule has 1 heteroatoms. The number of rotatable bonds is 2. The Morgan fingerprint density at radius 1 is 1.27 bits per heavy atom. The summed E-state index contributed by atoms with van der Waals surface area (Å²) < 4.78 is 0. The smallest absolute Gasteiger partial charge is 0.115 e. The molecule has 0 fully saturated rings. The third kappa shape index (κ3) is 2.46. The monoisotopic (exact) mass is 148 g/mol. The Bertz CT molecular complexity index is 234. The number of allylic oxidation sites excluding steroid dienone is 1. The first-order valence-electron chi connectivity index (χ1n) is 3.78. The molecular weight excluding hydrogens is 136 g/mol. The molecule has 58 valence electrons. The Kier molecular flexibility index (Phi) is 2.73. The molecule has 0 saturated heterocycles. The molecule has 11 heavy (non-hydrogen) atoms. The van der Waals surface area contributed by atoms with Crippen molar-refractivity contribution >= 4 is 6.08 Å². The Hall–Kier alpha value is -1.24. The number of hydrogen-bond acceptors (Lipinski definition) is 1. The molecule has 1 aromatic rings. The highest BCUT2D eigenvalue weighted by molar-refractivity contribution is 5.50. The van der Waals surface area contributed by atoms with Crippen molar-refractivity contribution in [3.05, 3.63) is 35.9 Å². The highest BCUT2D eigenvalue weighted by Crippen LogP contribution is 2.10. The molecule has 0 aliphatic carbocycles. The zero-order valence-corrected chi connectivity index (χ0v) is 6.62. The summed E-state index contributed by atoms with van der Waals surface area (Å²) in [6, 6.07) is 7.16. The summed E-state index contributed by atoms with van der Waals surface area (Å²) in [5.74, 6) is 0.318. The lowest BCUT2D eigenvalue weighted by Crippen LogP contribution is -1.69. The Morgan fingerprint density at radius 2 is 1.91 bits per heavy atom. The van der Waals surface area contributed by atoms with Gasteiger partial charge in [0.25, 0.3) is 0 Å². The van der Waals surface area contributed by atoms with Gasteiger partial charge in [0.15, 0.2) is 0 Å². The average molecular weight is 148 g/mol. The molecule has 0 bridgehead atoms. The van der Waals surface area contributed by atoms with Crippen LogP contribution in [0.15, 0.2) is 30.3 Å². The predicted octanol–water partition coefficient (Wildman–Crippen LogP) is 2.82. The van der Waals surface area contributed by atoms with Crippen molar-refractivity contribution in [3.63, 3.8) is 0 Å². The van der Waals surface area contributed by atoms with E-state index < -0.39 is 0 Å². The van der Waals surface area contributed by atoms with Gasteiger partial charge in [-0.2, -0.15) is 0 Å². The van der Waals surface area contributed by atoms with E-state index in [0.29, 0.717) is 5.75 Å². The van der Waals surface area contributed by atoms with E-state index in [1.54, 1.807) is 12.1 Å². The lowest BCUT2D eigenvalue weighted by Gasteiger charge is -1.92. The Balaban J connectivity index is 2.73. The van der Waals surface area contributed by atoms with Crippen LogP contribution < -0.4 is 0 Å². The van der Waals surface area contributed by atoms with Gasteiger partial charge >= 0.3 is 0 Å². The fourth-order valence-corrected chi connectivity index (χ4v) is 0.839. The maximum atomic E-state index is 8.96. The fraction of sp³-hybridized carbons (Fsp3) is 0.200. The van der Waals surface area contributed by atoms with Crippen molar-refractivity contribution < 1.29 is 5.11 Å². The van der Waals surface area contributed by atoms with Crippen LogP contribution in [-0.2, 0) is 0 Å². The van der Waals surface area contributed by atoms with Gasteiger partial charge in [0.05, 0.1) is 0 Å². The summed E-state index contributed by atoms with van der Waals surface area (Å²) in [4.78, 5) is 0. The van der Waals surface area contributed by atoms with Gasteiger partial charge in [-0.1, -0.05) is 31.2 Å². The maximum Gasteiger partial charge on any atom is 0.115 e. The molecule has 0 aliphatic rings. The quantitative estimate of drug-likeness (QED) is 0.683. The zero-order valence-electron chi connectivity index (χ0n) is 6.62. The normalized spacial score (nSPS) is 10.6. The van der Waals surface area contributed by atoms with E-state index in [0.717, 1.165) is 12.0 Å². The highest BCUT2D eigenvalue weighted by Gasteiger charge is 1.85. The molecule has 1 N–H and O–H groups in total. The van der Waals surface area contributed by atoms with E-state index >= 15 is 0 Å². The minimum atomic E-state index is 0.318. The first-order valence-corrected chi connectivity index (χ1v) is 3.78. The molecule has 0 amide bonds. The lowest BCUT2D eigenvalue weighted by atomic mass is 10.2. The second-order valence-electron chi connectivity index (χ2n) is 2.40. The third-order valence-electron chi connectivity index (χ3n) is 1.44. The molecule has 1 nitrogen and oxygen atoms in total. The predicted molar refractivity (Wildman–Crippen MR) is 47.4 cm³/mol. The van der Waals surface area contributed by atoms with Crippen LogP contribution in [0, 0.1) is 0 Å². The largest absolute Gasteiger partial charge is 0.508 e. The summed E-state index contributed by atoms with van der Waals surface area (Å²) in [6.45, 7) is 2.09. The number of benzene rings is 1. The van der Waals surface area contributed by atoms with E-state index in [4.69, 9.17) is 5.11 Å². The third-order valence-corrected chi connectivity index (χ3v) is 1.44. The molecule has 0 atom stereocenters. The molecule has 0 heterocycles. The van der Waals surface area contributed by atoms with Crippen molar-refractivity contribution in [3.8, 4) is 5.75 Å². The van der Waals surface area contributed by atoms with Crippen molar-refractivity contribution in [2.45, 2.75) is 13.3 Å². The molecular formula is C10H12O. The van der Waals surface area contributed by atoms with Crippen molar-refractivity contribution in [1.29, 1.82) is 0 Å². The van der Waals surface area contributed by atoms with Gasteiger partial charge in [0, 0.05) is 0 Å². The van der Waals surface area contributed by atoms with E-state index in [9.17, 15) is 0 Å². The van der Waals surface area contributed by atoms with Crippen molar-refractivity contribution in [2.24, 2.45) is 0 Å². The molecule has 0 aliphatic heterocycles. The molecule has 1 aromatic carbocycles. The molecule has 1 rings (SSSR count). The minimum Gasteiger partial charge on any atom is -0.508 e. The van der Waals surface area contributed by atoms with E-state index in [-0.39, 0.29) is 0 Å². The molecule has 0 radical (unpaired) electrons. The van der Waals surface area contributed by atoms with Crippen LogP contribution in [0.25, 0.3) is 6.08 Å². The van der Waals surface area contributed by atoms with Crippen LogP contribution in [0.4, 0.5) is 0 Å². The zero-order chi connectivity index (χ0) is 8.10. The topological polar surface area (TPSA) is 20.2 Å². The summed E-state index contributed by atoms with van der Waals surface area (Å²) in [7, 11) is 0. The number of aromatic hydroxyl groups is 1. The van der Waals surface area contributed by atoms with Gasteiger partial charge < -0.3 is 5.11 Å². The molecule has 0 saturated carbocycles. The van der Waals surface area contributed by atoms with Crippen molar-refractivity contribution in [2.75, 3.05) is 0 Å². The van der Waals surface area contributed by atoms with Gasteiger partial charge in [0.2, 0.25) is 0 Å². The van der Waals surface area contributed by atoms with Crippen LogP contribution >= 0.6 is 0 Å². The minimum absolute atomic E-state index is 0.318. The van der Waals surface area contributed by atoms with Gasteiger partial charge in [-0.3, -0.25) is 0 Å². The molecule has 0 spiro atoms. The van der Waals surface area contributed by atoms with Gasteiger partial charge in [-0.25, -0.2) is 0 Å². The van der Waals surface area contributed by atoms with Crippen LogP contribution in [0.1, 0.15) is 18.9 Å².